The average molecular weight is 210 g/mol. The van der Waals surface area contributed by atoms with E-state index in [2.05, 4.69) is 5.32 Å². The fourth-order valence-electron chi connectivity index (χ4n) is 1.07. The molecule has 1 aromatic rings. The first kappa shape index (κ1) is 11.7. The standard InChI is InChI=1S/C11H15FN2O/c1-7(2)11(15)14-10-5-8(6-13)3-4-9(10)12/h3-5,7H,6,13H2,1-2H3,(H,14,15). The highest BCUT2D eigenvalue weighted by atomic mass is 19.1. The minimum absolute atomic E-state index is 0.175. The Balaban J connectivity index is 2.88. The number of rotatable bonds is 3. The predicted molar refractivity (Wildman–Crippen MR) is 57.8 cm³/mol. The first-order chi connectivity index (χ1) is 7.04. The molecule has 4 heteroatoms. The second-order valence-corrected chi connectivity index (χ2v) is 3.66. The maximum Gasteiger partial charge on any atom is 0.227 e. The van der Waals surface area contributed by atoms with Gasteiger partial charge in [-0.05, 0) is 17.7 Å². The Morgan fingerprint density at radius 1 is 1.53 bits per heavy atom. The Morgan fingerprint density at radius 3 is 2.73 bits per heavy atom. The molecule has 3 N–H and O–H groups in total. The van der Waals surface area contributed by atoms with Gasteiger partial charge in [0.05, 0.1) is 5.69 Å². The van der Waals surface area contributed by atoms with Gasteiger partial charge in [0.15, 0.2) is 0 Å². The van der Waals surface area contributed by atoms with E-state index in [0.717, 1.165) is 5.56 Å². The molecule has 1 aromatic carbocycles. The number of hydrogen-bond acceptors (Lipinski definition) is 2. The second-order valence-electron chi connectivity index (χ2n) is 3.66. The lowest BCUT2D eigenvalue weighted by Gasteiger charge is -2.09. The van der Waals surface area contributed by atoms with Gasteiger partial charge in [-0.15, -0.1) is 0 Å². The number of nitrogens with two attached hydrogens (primary N) is 1. The van der Waals surface area contributed by atoms with Crippen molar-refractivity contribution in [3.05, 3.63) is 29.6 Å². The fourth-order valence-corrected chi connectivity index (χ4v) is 1.07. The molecule has 0 fully saturated rings. The van der Waals surface area contributed by atoms with Crippen molar-refractivity contribution in [3.8, 4) is 0 Å². The van der Waals surface area contributed by atoms with E-state index in [1.807, 2.05) is 0 Å². The number of carbonyl (C=O) groups excluding carboxylic acids is 1. The normalized spacial score (nSPS) is 10.5. The van der Waals surface area contributed by atoms with Crippen LogP contribution in [0.4, 0.5) is 10.1 Å². The number of hydrogen-bond donors (Lipinski definition) is 2. The summed E-state index contributed by atoms with van der Waals surface area (Å²) in [6.07, 6.45) is 0. The largest absolute Gasteiger partial charge is 0.326 e. The van der Waals surface area contributed by atoms with Crippen molar-refractivity contribution in [2.45, 2.75) is 20.4 Å². The molecule has 0 aliphatic carbocycles. The summed E-state index contributed by atoms with van der Waals surface area (Å²) in [6, 6.07) is 4.45. The molecule has 0 spiro atoms. The van der Waals surface area contributed by atoms with Crippen LogP contribution < -0.4 is 11.1 Å². The van der Waals surface area contributed by atoms with Crippen LogP contribution in [0.1, 0.15) is 19.4 Å². The zero-order chi connectivity index (χ0) is 11.4. The van der Waals surface area contributed by atoms with E-state index in [4.69, 9.17) is 5.73 Å². The summed E-state index contributed by atoms with van der Waals surface area (Å²) in [5, 5.41) is 2.51. The molecular weight excluding hydrogens is 195 g/mol. The number of nitrogens with one attached hydrogen (secondary N) is 1. The summed E-state index contributed by atoms with van der Waals surface area (Å²) in [5.74, 6) is -0.824. The van der Waals surface area contributed by atoms with Gasteiger partial charge in [-0.2, -0.15) is 0 Å². The molecule has 0 radical (unpaired) electrons. The van der Waals surface area contributed by atoms with E-state index in [1.54, 1.807) is 26.0 Å². The van der Waals surface area contributed by atoms with E-state index >= 15 is 0 Å². The summed E-state index contributed by atoms with van der Waals surface area (Å²) in [6.45, 7) is 3.82. The van der Waals surface area contributed by atoms with Gasteiger partial charge in [-0.1, -0.05) is 19.9 Å². The van der Waals surface area contributed by atoms with Crippen molar-refractivity contribution in [1.82, 2.24) is 0 Å². The topological polar surface area (TPSA) is 55.1 Å². The second kappa shape index (κ2) is 4.89. The summed E-state index contributed by atoms with van der Waals surface area (Å²) >= 11 is 0. The Morgan fingerprint density at radius 2 is 2.20 bits per heavy atom. The third kappa shape index (κ3) is 3.02. The molecule has 1 rings (SSSR count). The smallest absolute Gasteiger partial charge is 0.227 e. The molecule has 0 aliphatic rings. The zero-order valence-electron chi connectivity index (χ0n) is 8.88. The lowest BCUT2D eigenvalue weighted by Crippen LogP contribution is -2.18. The first-order valence-corrected chi connectivity index (χ1v) is 4.84. The Labute approximate surface area is 88.5 Å². The van der Waals surface area contributed by atoms with E-state index < -0.39 is 5.82 Å². The lowest BCUT2D eigenvalue weighted by molar-refractivity contribution is -0.118. The van der Waals surface area contributed by atoms with Gasteiger partial charge in [0.25, 0.3) is 0 Å². The number of benzene rings is 1. The molecule has 0 heterocycles. The van der Waals surface area contributed by atoms with Crippen LogP contribution >= 0.6 is 0 Å². The predicted octanol–water partition coefficient (Wildman–Crippen LogP) is 1.88. The van der Waals surface area contributed by atoms with E-state index in [0.29, 0.717) is 6.54 Å². The van der Waals surface area contributed by atoms with Gasteiger partial charge in [-0.3, -0.25) is 4.79 Å². The van der Waals surface area contributed by atoms with E-state index in [9.17, 15) is 9.18 Å². The number of amides is 1. The number of carbonyl (C=O) groups is 1. The van der Waals surface area contributed by atoms with Crippen LogP contribution in [0.2, 0.25) is 0 Å². The minimum Gasteiger partial charge on any atom is -0.326 e. The van der Waals surface area contributed by atoms with Crippen molar-refractivity contribution < 1.29 is 9.18 Å². The first-order valence-electron chi connectivity index (χ1n) is 4.84. The highest BCUT2D eigenvalue weighted by Gasteiger charge is 2.10. The molecule has 0 aromatic heterocycles. The van der Waals surface area contributed by atoms with Crippen LogP contribution in [-0.2, 0) is 11.3 Å². The lowest BCUT2D eigenvalue weighted by atomic mass is 10.1. The minimum atomic E-state index is -0.443. The number of anilines is 1. The molecule has 0 unspecified atom stereocenters. The third-order valence-corrected chi connectivity index (χ3v) is 2.05. The van der Waals surface area contributed by atoms with Gasteiger partial charge in [0.2, 0.25) is 5.91 Å². The Bertz CT molecular complexity index is 364. The van der Waals surface area contributed by atoms with Crippen LogP contribution in [0.5, 0.6) is 0 Å². The highest BCUT2D eigenvalue weighted by Crippen LogP contribution is 2.16. The summed E-state index contributed by atoms with van der Waals surface area (Å²) in [7, 11) is 0. The summed E-state index contributed by atoms with van der Waals surface area (Å²) < 4.78 is 13.3. The molecule has 0 aliphatic heterocycles. The van der Waals surface area contributed by atoms with E-state index in [1.165, 1.54) is 6.07 Å². The fraction of sp³-hybridized carbons (Fsp3) is 0.364. The van der Waals surface area contributed by atoms with Crippen molar-refractivity contribution in [3.63, 3.8) is 0 Å². The van der Waals surface area contributed by atoms with Gasteiger partial charge < -0.3 is 11.1 Å². The average Bonchev–Trinajstić information content (AvgIpc) is 2.21. The van der Waals surface area contributed by atoms with Crippen molar-refractivity contribution in [2.75, 3.05) is 5.32 Å². The van der Waals surface area contributed by atoms with Gasteiger partial charge in [0.1, 0.15) is 5.82 Å². The van der Waals surface area contributed by atoms with Gasteiger partial charge in [-0.25, -0.2) is 4.39 Å². The quantitative estimate of drug-likeness (QED) is 0.800. The van der Waals surface area contributed by atoms with Gasteiger partial charge >= 0.3 is 0 Å². The molecular formula is C11H15FN2O. The molecule has 0 bridgehead atoms. The Hall–Kier alpha value is -1.42. The highest BCUT2D eigenvalue weighted by molar-refractivity contribution is 5.92. The molecule has 82 valence electrons. The monoisotopic (exact) mass is 210 g/mol. The number of halogens is 1. The molecule has 15 heavy (non-hydrogen) atoms. The van der Waals surface area contributed by atoms with Crippen LogP contribution in [0.3, 0.4) is 0 Å². The molecule has 0 atom stereocenters. The van der Waals surface area contributed by atoms with Crippen LogP contribution in [0.25, 0.3) is 0 Å². The van der Waals surface area contributed by atoms with Crippen LogP contribution in [-0.4, -0.2) is 5.91 Å². The van der Waals surface area contributed by atoms with Gasteiger partial charge in [0, 0.05) is 12.5 Å². The van der Waals surface area contributed by atoms with Crippen LogP contribution in [0.15, 0.2) is 18.2 Å². The molecule has 1 amide bonds. The third-order valence-electron chi connectivity index (χ3n) is 2.05. The van der Waals surface area contributed by atoms with Crippen molar-refractivity contribution >= 4 is 11.6 Å². The van der Waals surface area contributed by atoms with E-state index in [-0.39, 0.29) is 17.5 Å². The van der Waals surface area contributed by atoms with Crippen LogP contribution in [0, 0.1) is 11.7 Å². The summed E-state index contributed by atoms with van der Waals surface area (Å²) in [5.41, 5.74) is 6.40. The molecule has 0 saturated carbocycles. The summed E-state index contributed by atoms with van der Waals surface area (Å²) in [4.78, 5) is 11.4. The SMILES string of the molecule is CC(C)C(=O)Nc1cc(CN)ccc1F. The molecule has 3 nitrogen and oxygen atoms in total. The maximum absolute atomic E-state index is 13.3. The van der Waals surface area contributed by atoms with Crippen molar-refractivity contribution in [2.24, 2.45) is 11.7 Å². The molecule has 0 saturated heterocycles. The zero-order valence-corrected chi connectivity index (χ0v) is 8.88. The van der Waals surface area contributed by atoms with Crippen molar-refractivity contribution in [1.29, 1.82) is 0 Å². The maximum atomic E-state index is 13.3. The Kier molecular flexibility index (Phi) is 3.80.